The van der Waals surface area contributed by atoms with Crippen molar-refractivity contribution in [2.45, 2.75) is 5.92 Å². The minimum Gasteiger partial charge on any atom is -0.456 e. The van der Waals surface area contributed by atoms with E-state index in [1.807, 2.05) is 12.1 Å². The molecule has 3 aliphatic heterocycles. The van der Waals surface area contributed by atoms with Crippen LogP contribution in [0.3, 0.4) is 0 Å². The maximum absolute atomic E-state index is 12.4. The summed E-state index contributed by atoms with van der Waals surface area (Å²) in [7, 11) is 0. The molecular formula is C16H11BrClNO4. The lowest BCUT2D eigenvalue weighted by atomic mass is 9.73. The van der Waals surface area contributed by atoms with Gasteiger partial charge in [0.05, 0.1) is 34.5 Å². The molecule has 118 valence electrons. The summed E-state index contributed by atoms with van der Waals surface area (Å²) >= 11 is 9.46. The SMILES string of the molecule is O=C1OCC2=C1C(c1ccc(Cl)c(Br)c1)C1C(=O)COCC1=N2. The van der Waals surface area contributed by atoms with Crippen LogP contribution in [0, 0.1) is 5.92 Å². The van der Waals surface area contributed by atoms with Crippen molar-refractivity contribution in [2.75, 3.05) is 19.8 Å². The van der Waals surface area contributed by atoms with E-state index in [0.29, 0.717) is 33.1 Å². The molecule has 2 unspecified atom stereocenters. The van der Waals surface area contributed by atoms with Crippen LogP contribution in [0.1, 0.15) is 11.5 Å². The van der Waals surface area contributed by atoms with E-state index in [9.17, 15) is 9.59 Å². The Hall–Kier alpha value is -1.50. The highest BCUT2D eigenvalue weighted by Crippen LogP contribution is 2.44. The van der Waals surface area contributed by atoms with Gasteiger partial charge in [0.2, 0.25) is 0 Å². The van der Waals surface area contributed by atoms with E-state index < -0.39 is 17.8 Å². The number of rotatable bonds is 1. The van der Waals surface area contributed by atoms with Crippen molar-refractivity contribution in [3.8, 4) is 0 Å². The average molecular weight is 397 g/mol. The molecule has 1 aromatic carbocycles. The first-order valence-corrected chi connectivity index (χ1v) is 8.26. The number of cyclic esters (lactones) is 1. The number of fused-ring (bicyclic) bond motifs is 1. The minimum absolute atomic E-state index is 0.0343. The number of esters is 1. The van der Waals surface area contributed by atoms with Gasteiger partial charge in [0.1, 0.15) is 13.2 Å². The Bertz CT molecular complexity index is 801. The molecular weight excluding hydrogens is 386 g/mol. The molecule has 0 amide bonds. The highest BCUT2D eigenvalue weighted by molar-refractivity contribution is 9.10. The number of halogens is 2. The molecule has 2 atom stereocenters. The number of aliphatic imine (C=N–C) groups is 1. The fourth-order valence-electron chi connectivity index (χ4n) is 3.31. The van der Waals surface area contributed by atoms with E-state index in [0.717, 1.165) is 5.56 Å². The molecule has 3 aliphatic rings. The first kappa shape index (κ1) is 15.1. The second-order valence-electron chi connectivity index (χ2n) is 5.63. The normalized spacial score (nSPS) is 26.6. The largest absolute Gasteiger partial charge is 0.456 e. The van der Waals surface area contributed by atoms with E-state index in [-0.39, 0.29) is 19.0 Å². The predicted molar refractivity (Wildman–Crippen MR) is 86.6 cm³/mol. The number of ketones is 1. The quantitative estimate of drug-likeness (QED) is 0.685. The van der Waals surface area contributed by atoms with Gasteiger partial charge in [0, 0.05) is 10.4 Å². The number of hydrogen-bond donors (Lipinski definition) is 0. The summed E-state index contributed by atoms with van der Waals surface area (Å²) in [5.41, 5.74) is 2.56. The van der Waals surface area contributed by atoms with Crippen LogP contribution in [0.15, 0.2) is 38.9 Å². The van der Waals surface area contributed by atoms with Crippen LogP contribution in [-0.4, -0.2) is 37.3 Å². The number of carbonyl (C=O) groups excluding carboxylic acids is 2. The first-order chi connectivity index (χ1) is 11.1. The highest BCUT2D eigenvalue weighted by atomic mass is 79.9. The summed E-state index contributed by atoms with van der Waals surface area (Å²) in [6.07, 6.45) is 0. The lowest BCUT2D eigenvalue weighted by Gasteiger charge is -2.33. The molecule has 5 nitrogen and oxygen atoms in total. The van der Waals surface area contributed by atoms with Crippen molar-refractivity contribution in [3.63, 3.8) is 0 Å². The average Bonchev–Trinajstić information content (AvgIpc) is 2.90. The molecule has 0 saturated carbocycles. The van der Waals surface area contributed by atoms with Gasteiger partial charge in [0.15, 0.2) is 5.78 Å². The zero-order valence-electron chi connectivity index (χ0n) is 11.8. The lowest BCUT2D eigenvalue weighted by Crippen LogP contribution is -2.43. The predicted octanol–water partition coefficient (Wildman–Crippen LogP) is 2.67. The van der Waals surface area contributed by atoms with Gasteiger partial charge in [-0.25, -0.2) is 4.79 Å². The van der Waals surface area contributed by atoms with Gasteiger partial charge in [-0.1, -0.05) is 17.7 Å². The van der Waals surface area contributed by atoms with Crippen LogP contribution in [0.4, 0.5) is 0 Å². The fourth-order valence-corrected chi connectivity index (χ4v) is 3.83. The summed E-state index contributed by atoms with van der Waals surface area (Å²) in [4.78, 5) is 29.1. The Balaban J connectivity index is 1.89. The van der Waals surface area contributed by atoms with Crippen molar-refractivity contribution < 1.29 is 19.1 Å². The Labute approximate surface area is 145 Å². The molecule has 0 bridgehead atoms. The van der Waals surface area contributed by atoms with E-state index in [4.69, 9.17) is 21.1 Å². The summed E-state index contributed by atoms with van der Waals surface area (Å²) in [6, 6.07) is 5.42. The Morgan fingerprint density at radius 2 is 2.00 bits per heavy atom. The molecule has 0 aromatic heterocycles. The summed E-state index contributed by atoms with van der Waals surface area (Å²) in [5.74, 6) is -1.37. The summed E-state index contributed by atoms with van der Waals surface area (Å²) < 4.78 is 11.1. The molecule has 0 spiro atoms. The van der Waals surface area contributed by atoms with Gasteiger partial charge < -0.3 is 9.47 Å². The molecule has 0 N–H and O–H groups in total. The number of hydrogen-bond acceptors (Lipinski definition) is 5. The smallest absolute Gasteiger partial charge is 0.337 e. The molecule has 0 radical (unpaired) electrons. The summed E-state index contributed by atoms with van der Waals surface area (Å²) in [6.45, 7) is 0.475. The molecule has 1 aromatic rings. The maximum Gasteiger partial charge on any atom is 0.337 e. The topological polar surface area (TPSA) is 65.0 Å². The second kappa shape index (κ2) is 5.54. The van der Waals surface area contributed by atoms with Crippen LogP contribution < -0.4 is 0 Å². The van der Waals surface area contributed by atoms with Crippen LogP contribution in [0.5, 0.6) is 0 Å². The Morgan fingerprint density at radius 1 is 1.17 bits per heavy atom. The van der Waals surface area contributed by atoms with Crippen molar-refractivity contribution in [2.24, 2.45) is 10.9 Å². The summed E-state index contributed by atoms with van der Waals surface area (Å²) in [5, 5.41) is 0.569. The van der Waals surface area contributed by atoms with Gasteiger partial charge in [-0.2, -0.15) is 0 Å². The molecule has 23 heavy (non-hydrogen) atoms. The number of carbonyl (C=O) groups is 2. The van der Waals surface area contributed by atoms with Crippen LogP contribution >= 0.6 is 27.5 Å². The Kier molecular flexibility index (Phi) is 3.63. The van der Waals surface area contributed by atoms with Crippen molar-refractivity contribution in [1.82, 2.24) is 0 Å². The van der Waals surface area contributed by atoms with E-state index >= 15 is 0 Å². The third kappa shape index (κ3) is 2.36. The zero-order valence-corrected chi connectivity index (χ0v) is 14.2. The van der Waals surface area contributed by atoms with Gasteiger partial charge in [-0.15, -0.1) is 0 Å². The first-order valence-electron chi connectivity index (χ1n) is 7.09. The number of benzene rings is 1. The van der Waals surface area contributed by atoms with Crippen LogP contribution in [-0.2, 0) is 19.1 Å². The third-order valence-electron chi connectivity index (χ3n) is 4.30. The zero-order chi connectivity index (χ0) is 16.1. The molecule has 0 aliphatic carbocycles. The fraction of sp³-hybridized carbons (Fsp3) is 0.312. The van der Waals surface area contributed by atoms with E-state index in [1.54, 1.807) is 6.07 Å². The van der Waals surface area contributed by atoms with Crippen molar-refractivity contribution >= 4 is 45.0 Å². The van der Waals surface area contributed by atoms with Gasteiger partial charge in [-0.05, 0) is 33.6 Å². The lowest BCUT2D eigenvalue weighted by molar-refractivity contribution is -0.136. The van der Waals surface area contributed by atoms with Gasteiger partial charge in [-0.3, -0.25) is 9.79 Å². The number of ether oxygens (including phenoxy) is 2. The molecule has 4 rings (SSSR count). The van der Waals surface area contributed by atoms with E-state index in [2.05, 4.69) is 20.9 Å². The van der Waals surface area contributed by atoms with Crippen LogP contribution in [0.2, 0.25) is 5.02 Å². The van der Waals surface area contributed by atoms with E-state index in [1.165, 1.54) is 0 Å². The molecule has 1 saturated heterocycles. The van der Waals surface area contributed by atoms with Gasteiger partial charge >= 0.3 is 5.97 Å². The van der Waals surface area contributed by atoms with Crippen molar-refractivity contribution in [1.29, 1.82) is 0 Å². The molecule has 7 heteroatoms. The minimum atomic E-state index is -0.485. The third-order valence-corrected chi connectivity index (χ3v) is 5.51. The molecule has 3 heterocycles. The second-order valence-corrected chi connectivity index (χ2v) is 6.89. The molecule has 1 fully saturated rings. The monoisotopic (exact) mass is 395 g/mol. The van der Waals surface area contributed by atoms with Crippen molar-refractivity contribution in [3.05, 3.63) is 44.5 Å². The number of Topliss-reactive ketones (excluding diaryl/α,β-unsaturated/α-hetero) is 1. The van der Waals surface area contributed by atoms with Crippen LogP contribution in [0.25, 0.3) is 0 Å². The maximum atomic E-state index is 12.4. The number of nitrogens with zero attached hydrogens (tertiary/aromatic N) is 1. The standard InChI is InChI=1S/C16H11BrClNO4/c17-8-3-7(1-2-9(8)18)13-14-10(4-22-6-12(14)20)19-11-5-23-16(21)15(11)13/h1-3,13-14H,4-6H2. The van der Waals surface area contributed by atoms with Gasteiger partial charge in [0.25, 0.3) is 0 Å². The highest BCUT2D eigenvalue weighted by Gasteiger charge is 2.47. The Morgan fingerprint density at radius 3 is 2.78 bits per heavy atom.